The van der Waals surface area contributed by atoms with Crippen molar-refractivity contribution < 1.29 is 4.79 Å². The Morgan fingerprint density at radius 2 is 1.70 bits per heavy atom. The first-order valence-electron chi connectivity index (χ1n) is 6.99. The zero-order valence-corrected chi connectivity index (χ0v) is 11.5. The van der Waals surface area contributed by atoms with Gasteiger partial charge in [-0.25, -0.2) is 0 Å². The minimum atomic E-state index is -0.0190. The van der Waals surface area contributed by atoms with Gasteiger partial charge in [0.2, 0.25) is 0 Å². The molecule has 2 aromatic rings. The van der Waals surface area contributed by atoms with Crippen LogP contribution >= 0.6 is 0 Å². The van der Waals surface area contributed by atoms with Crippen molar-refractivity contribution in [1.82, 2.24) is 5.32 Å². The van der Waals surface area contributed by atoms with E-state index in [1.807, 2.05) is 30.3 Å². The molecule has 1 aliphatic heterocycles. The summed E-state index contributed by atoms with van der Waals surface area (Å²) in [6.07, 6.45) is 4.29. The van der Waals surface area contributed by atoms with E-state index < -0.39 is 0 Å². The van der Waals surface area contributed by atoms with Crippen LogP contribution in [0.2, 0.25) is 0 Å². The minimum Gasteiger partial charge on any atom is -0.321 e. The largest absolute Gasteiger partial charge is 0.321 e. The van der Waals surface area contributed by atoms with Crippen LogP contribution in [-0.2, 0) is 6.42 Å². The lowest BCUT2D eigenvalue weighted by atomic mass is 10.0. The lowest BCUT2D eigenvalue weighted by molar-refractivity contribution is 0.0981. The van der Waals surface area contributed by atoms with Crippen molar-refractivity contribution in [3.05, 3.63) is 70.8 Å². The number of carbonyl (C=O) groups excluding carboxylic acids is 1. The number of hydrogen-bond acceptors (Lipinski definition) is 1. The quantitative estimate of drug-likeness (QED) is 0.894. The molecule has 3 rings (SSSR count). The zero-order chi connectivity index (χ0) is 13.9. The molecule has 0 bridgehead atoms. The van der Waals surface area contributed by atoms with Crippen molar-refractivity contribution in [2.24, 2.45) is 0 Å². The van der Waals surface area contributed by atoms with Gasteiger partial charge in [0.15, 0.2) is 0 Å². The maximum atomic E-state index is 11.9. The van der Waals surface area contributed by atoms with Crippen molar-refractivity contribution >= 4 is 17.7 Å². The van der Waals surface area contributed by atoms with Gasteiger partial charge in [0, 0.05) is 16.8 Å². The molecular formula is C18H17NO. The van der Waals surface area contributed by atoms with E-state index in [4.69, 9.17) is 0 Å². The second-order valence-corrected chi connectivity index (χ2v) is 5.05. The highest BCUT2D eigenvalue weighted by Crippen LogP contribution is 2.25. The van der Waals surface area contributed by atoms with E-state index in [0.29, 0.717) is 0 Å². The summed E-state index contributed by atoms with van der Waals surface area (Å²) in [7, 11) is 0. The van der Waals surface area contributed by atoms with E-state index in [0.717, 1.165) is 35.2 Å². The van der Waals surface area contributed by atoms with Gasteiger partial charge >= 0.3 is 0 Å². The summed E-state index contributed by atoms with van der Waals surface area (Å²) < 4.78 is 0. The first kappa shape index (κ1) is 12.7. The number of benzene rings is 2. The molecule has 100 valence electrons. The van der Waals surface area contributed by atoms with Crippen LogP contribution in [0.15, 0.2) is 48.5 Å². The average molecular weight is 263 g/mol. The predicted molar refractivity (Wildman–Crippen MR) is 82.2 cm³/mol. The summed E-state index contributed by atoms with van der Waals surface area (Å²) in [4.78, 5) is 11.9. The fourth-order valence-electron chi connectivity index (χ4n) is 2.52. The number of fused-ring (bicyclic) bond motifs is 1. The molecule has 1 aliphatic rings. The molecule has 1 amide bonds. The molecule has 2 aromatic carbocycles. The molecule has 0 spiro atoms. The molecule has 0 radical (unpaired) electrons. The number of nitrogens with one attached hydrogen (secondary N) is 1. The first-order valence-corrected chi connectivity index (χ1v) is 6.99. The van der Waals surface area contributed by atoms with Crippen molar-refractivity contribution in [3.63, 3.8) is 0 Å². The van der Waals surface area contributed by atoms with Crippen LogP contribution in [0.5, 0.6) is 0 Å². The number of rotatable bonds is 3. The summed E-state index contributed by atoms with van der Waals surface area (Å²) >= 11 is 0. The Balaban J connectivity index is 1.92. The highest BCUT2D eigenvalue weighted by atomic mass is 16.1. The Morgan fingerprint density at radius 1 is 1.00 bits per heavy atom. The minimum absolute atomic E-state index is 0.0190. The molecule has 0 fully saturated rings. The normalized spacial score (nSPS) is 15.2. The van der Waals surface area contributed by atoms with Crippen LogP contribution in [0.1, 0.15) is 40.4 Å². The Hall–Kier alpha value is -2.35. The van der Waals surface area contributed by atoms with Crippen LogP contribution in [0.25, 0.3) is 11.8 Å². The molecule has 20 heavy (non-hydrogen) atoms. The van der Waals surface area contributed by atoms with Gasteiger partial charge in [-0.1, -0.05) is 55.8 Å². The maximum Gasteiger partial charge on any atom is 0.256 e. The van der Waals surface area contributed by atoms with Gasteiger partial charge in [0.05, 0.1) is 0 Å². The summed E-state index contributed by atoms with van der Waals surface area (Å²) in [5.41, 5.74) is 5.08. The van der Waals surface area contributed by atoms with Crippen molar-refractivity contribution in [2.45, 2.75) is 19.8 Å². The fraction of sp³-hybridized carbons (Fsp3) is 0.167. The topological polar surface area (TPSA) is 29.1 Å². The van der Waals surface area contributed by atoms with Gasteiger partial charge in [0.1, 0.15) is 0 Å². The van der Waals surface area contributed by atoms with E-state index in [9.17, 15) is 4.79 Å². The van der Waals surface area contributed by atoms with E-state index in [-0.39, 0.29) is 5.91 Å². The van der Waals surface area contributed by atoms with Crippen molar-refractivity contribution in [3.8, 4) is 0 Å². The molecule has 0 atom stereocenters. The van der Waals surface area contributed by atoms with Gasteiger partial charge in [-0.15, -0.1) is 0 Å². The fourth-order valence-corrected chi connectivity index (χ4v) is 2.52. The summed E-state index contributed by atoms with van der Waals surface area (Å²) in [5, 5.41) is 2.93. The summed E-state index contributed by atoms with van der Waals surface area (Å²) in [5.74, 6) is -0.0190. The van der Waals surface area contributed by atoms with E-state index in [2.05, 4.69) is 36.5 Å². The summed E-state index contributed by atoms with van der Waals surface area (Å²) in [6, 6.07) is 16.2. The number of carbonyl (C=O) groups is 1. The maximum absolute atomic E-state index is 11.9. The third kappa shape index (κ3) is 2.37. The molecule has 1 heterocycles. The Bertz CT molecular complexity index is 668. The second-order valence-electron chi connectivity index (χ2n) is 5.05. The Labute approximate surface area is 119 Å². The summed E-state index contributed by atoms with van der Waals surface area (Å²) in [6.45, 7) is 2.18. The van der Waals surface area contributed by atoms with Crippen molar-refractivity contribution in [2.75, 3.05) is 0 Å². The van der Waals surface area contributed by atoms with Gasteiger partial charge in [-0.2, -0.15) is 0 Å². The molecule has 0 aromatic heterocycles. The molecule has 2 nitrogen and oxygen atoms in total. The Morgan fingerprint density at radius 3 is 2.40 bits per heavy atom. The molecule has 1 N–H and O–H groups in total. The first-order chi connectivity index (χ1) is 9.78. The van der Waals surface area contributed by atoms with Crippen LogP contribution < -0.4 is 5.32 Å². The van der Waals surface area contributed by atoms with Crippen LogP contribution in [0.4, 0.5) is 0 Å². The van der Waals surface area contributed by atoms with E-state index >= 15 is 0 Å². The number of amides is 1. The monoisotopic (exact) mass is 263 g/mol. The molecular weight excluding hydrogens is 246 g/mol. The van der Waals surface area contributed by atoms with Gasteiger partial charge in [-0.3, -0.25) is 4.79 Å². The van der Waals surface area contributed by atoms with E-state index in [1.165, 1.54) is 5.56 Å². The molecule has 0 saturated heterocycles. The number of hydrogen-bond donors (Lipinski definition) is 1. The highest BCUT2D eigenvalue weighted by Gasteiger charge is 2.22. The van der Waals surface area contributed by atoms with Crippen LogP contribution in [0, 0.1) is 0 Å². The number of aryl methyl sites for hydroxylation is 1. The molecule has 0 unspecified atom stereocenters. The lowest BCUT2D eigenvalue weighted by Crippen LogP contribution is -2.11. The average Bonchev–Trinajstić information content (AvgIpc) is 2.79. The van der Waals surface area contributed by atoms with Crippen LogP contribution in [-0.4, -0.2) is 5.91 Å². The smallest absolute Gasteiger partial charge is 0.256 e. The zero-order valence-electron chi connectivity index (χ0n) is 11.5. The molecule has 2 heteroatoms. The molecule has 0 aliphatic carbocycles. The lowest BCUT2D eigenvalue weighted by Gasteiger charge is -2.02. The van der Waals surface area contributed by atoms with Gasteiger partial charge in [0.25, 0.3) is 5.91 Å². The molecule has 0 saturated carbocycles. The standard InChI is InChI=1S/C18H17NO/c1-2-5-13-8-10-14(11-9-13)12-17-15-6-3-4-7-16(15)18(20)19-17/h3-4,6-12H,2,5H2,1H3,(H,19,20). The SMILES string of the molecule is CCCc1ccc(C=C2NC(=O)c3ccccc32)cc1. The van der Waals surface area contributed by atoms with Gasteiger partial charge < -0.3 is 5.32 Å². The van der Waals surface area contributed by atoms with E-state index in [1.54, 1.807) is 0 Å². The Kier molecular flexibility index (Phi) is 3.38. The second kappa shape index (κ2) is 5.33. The van der Waals surface area contributed by atoms with Crippen LogP contribution in [0.3, 0.4) is 0 Å². The predicted octanol–water partition coefficient (Wildman–Crippen LogP) is 3.88. The third-order valence-corrected chi connectivity index (χ3v) is 3.54. The van der Waals surface area contributed by atoms with Gasteiger partial charge in [-0.05, 0) is 29.7 Å². The third-order valence-electron chi connectivity index (χ3n) is 3.54. The highest BCUT2D eigenvalue weighted by molar-refractivity contribution is 6.11. The van der Waals surface area contributed by atoms with Crippen molar-refractivity contribution in [1.29, 1.82) is 0 Å².